The summed E-state index contributed by atoms with van der Waals surface area (Å²) >= 11 is 0. The van der Waals surface area contributed by atoms with Crippen LogP contribution in [0.5, 0.6) is 0 Å². The number of ether oxygens (including phenoxy) is 2. The summed E-state index contributed by atoms with van der Waals surface area (Å²) in [6.07, 6.45) is 0.892. The molecule has 1 amide bonds. The first-order valence-corrected chi connectivity index (χ1v) is 6.67. The van der Waals surface area contributed by atoms with Gasteiger partial charge >= 0.3 is 6.09 Å². The minimum absolute atomic E-state index is 0.152. The number of hydrogen-bond acceptors (Lipinski definition) is 5. The number of rotatable bonds is 6. The molecule has 7 heteroatoms. The van der Waals surface area contributed by atoms with Gasteiger partial charge in [0, 0.05) is 13.3 Å². The Bertz CT molecular complexity index is 661. The molecule has 1 N–H and O–H groups in total. The van der Waals surface area contributed by atoms with Crippen LogP contribution in [0.3, 0.4) is 0 Å². The van der Waals surface area contributed by atoms with Crippen LogP contribution in [0.2, 0.25) is 0 Å². The second-order valence-electron chi connectivity index (χ2n) is 4.45. The van der Waals surface area contributed by atoms with E-state index in [9.17, 15) is 4.79 Å². The average Bonchev–Trinajstić information content (AvgIpc) is 2.93. The molecule has 0 bridgehead atoms. The van der Waals surface area contributed by atoms with E-state index in [-0.39, 0.29) is 18.0 Å². The number of methoxy groups -OCH3 is 1. The summed E-state index contributed by atoms with van der Waals surface area (Å²) in [5, 5.41) is 15.6. The molecule has 0 saturated heterocycles. The predicted molar refractivity (Wildman–Crippen MR) is 79.1 cm³/mol. The molecule has 1 aromatic heterocycles. The van der Waals surface area contributed by atoms with Crippen molar-refractivity contribution in [2.45, 2.75) is 13.2 Å². The van der Waals surface area contributed by atoms with Gasteiger partial charge in [-0.05, 0) is 5.56 Å². The third-order valence-corrected chi connectivity index (χ3v) is 2.84. The van der Waals surface area contributed by atoms with Crippen LogP contribution in [-0.2, 0) is 22.6 Å². The first kappa shape index (κ1) is 15.5. The Kier molecular flexibility index (Phi) is 5.51. The lowest BCUT2D eigenvalue weighted by Gasteiger charge is -2.05. The minimum atomic E-state index is -0.655. The van der Waals surface area contributed by atoms with Gasteiger partial charge in [0.25, 0.3) is 0 Å². The monoisotopic (exact) mass is 300 g/mol. The first-order valence-electron chi connectivity index (χ1n) is 6.67. The van der Waals surface area contributed by atoms with E-state index in [1.165, 1.54) is 4.68 Å². The van der Waals surface area contributed by atoms with Gasteiger partial charge in [0.15, 0.2) is 5.82 Å². The number of hydrogen-bond donors (Lipinski definition) is 1. The summed E-state index contributed by atoms with van der Waals surface area (Å²) in [6, 6.07) is 11.3. The summed E-state index contributed by atoms with van der Waals surface area (Å²) in [4.78, 5) is 11.8. The Hall–Kier alpha value is -2.85. The number of nitriles is 1. The van der Waals surface area contributed by atoms with Crippen LogP contribution < -0.4 is 5.32 Å². The molecule has 22 heavy (non-hydrogen) atoms. The SMILES string of the molecule is COCCn1cc(C#N)c(NC(=O)OCc2ccccc2)n1. The van der Waals surface area contributed by atoms with Crippen molar-refractivity contribution in [1.82, 2.24) is 9.78 Å². The number of nitrogens with zero attached hydrogens (tertiary/aromatic N) is 3. The molecule has 7 nitrogen and oxygen atoms in total. The number of nitrogens with one attached hydrogen (secondary N) is 1. The van der Waals surface area contributed by atoms with E-state index >= 15 is 0 Å². The lowest BCUT2D eigenvalue weighted by atomic mass is 10.2. The molecule has 0 atom stereocenters. The van der Waals surface area contributed by atoms with Crippen LogP contribution in [0.4, 0.5) is 10.6 Å². The molecule has 2 rings (SSSR count). The standard InChI is InChI=1S/C15H16N4O3/c1-21-8-7-19-10-13(9-16)14(18-19)17-15(20)22-11-12-5-3-2-4-6-12/h2-6,10H,7-8,11H2,1H3,(H,17,18,20). The Morgan fingerprint density at radius 3 is 2.86 bits per heavy atom. The number of carbonyl (C=O) groups is 1. The summed E-state index contributed by atoms with van der Waals surface area (Å²) in [5.74, 6) is 0.177. The highest BCUT2D eigenvalue weighted by Gasteiger charge is 2.12. The zero-order chi connectivity index (χ0) is 15.8. The molecule has 0 aliphatic heterocycles. The number of benzene rings is 1. The number of carbonyl (C=O) groups excluding carboxylic acids is 1. The van der Waals surface area contributed by atoms with Gasteiger partial charge in [-0.1, -0.05) is 30.3 Å². The van der Waals surface area contributed by atoms with Gasteiger partial charge in [-0.3, -0.25) is 10.00 Å². The quantitative estimate of drug-likeness (QED) is 0.883. The van der Waals surface area contributed by atoms with Crippen molar-refractivity contribution in [3.8, 4) is 6.07 Å². The molecule has 0 aliphatic carbocycles. The van der Waals surface area contributed by atoms with Crippen LogP contribution in [0.1, 0.15) is 11.1 Å². The second-order valence-corrected chi connectivity index (χ2v) is 4.45. The Morgan fingerprint density at radius 1 is 1.41 bits per heavy atom. The van der Waals surface area contributed by atoms with Gasteiger partial charge in [-0.2, -0.15) is 10.4 Å². The second kappa shape index (κ2) is 7.81. The summed E-state index contributed by atoms with van der Waals surface area (Å²) in [5.41, 5.74) is 1.15. The lowest BCUT2D eigenvalue weighted by molar-refractivity contribution is 0.155. The molecule has 2 aromatic rings. The van der Waals surface area contributed by atoms with E-state index in [1.807, 2.05) is 36.4 Å². The zero-order valence-corrected chi connectivity index (χ0v) is 12.2. The highest BCUT2D eigenvalue weighted by molar-refractivity contribution is 5.84. The van der Waals surface area contributed by atoms with Crippen molar-refractivity contribution in [3.63, 3.8) is 0 Å². The summed E-state index contributed by atoms with van der Waals surface area (Å²) in [6.45, 7) is 1.11. The number of amides is 1. The normalized spacial score (nSPS) is 10.0. The van der Waals surface area contributed by atoms with Gasteiger partial charge < -0.3 is 9.47 Å². The molecule has 1 heterocycles. The molecule has 1 aromatic carbocycles. The van der Waals surface area contributed by atoms with Crippen molar-refractivity contribution in [2.75, 3.05) is 19.0 Å². The third kappa shape index (κ3) is 4.33. The van der Waals surface area contributed by atoms with Gasteiger partial charge in [-0.25, -0.2) is 4.79 Å². The van der Waals surface area contributed by atoms with Gasteiger partial charge in [0.2, 0.25) is 0 Å². The predicted octanol–water partition coefficient (Wildman–Crippen LogP) is 2.15. The molecule has 0 radical (unpaired) electrons. The van der Waals surface area contributed by atoms with Crippen molar-refractivity contribution in [1.29, 1.82) is 5.26 Å². The Balaban J connectivity index is 1.93. The minimum Gasteiger partial charge on any atom is -0.444 e. The smallest absolute Gasteiger partial charge is 0.413 e. The maximum Gasteiger partial charge on any atom is 0.413 e. The maximum atomic E-state index is 11.8. The number of aromatic nitrogens is 2. The van der Waals surface area contributed by atoms with E-state index in [0.29, 0.717) is 13.2 Å². The van der Waals surface area contributed by atoms with E-state index in [0.717, 1.165) is 5.56 Å². The molecule has 0 saturated carbocycles. The largest absolute Gasteiger partial charge is 0.444 e. The molecule has 114 valence electrons. The van der Waals surface area contributed by atoms with E-state index in [4.69, 9.17) is 14.7 Å². The van der Waals surface area contributed by atoms with E-state index < -0.39 is 6.09 Å². The highest BCUT2D eigenvalue weighted by atomic mass is 16.5. The molecule has 0 unspecified atom stereocenters. The highest BCUT2D eigenvalue weighted by Crippen LogP contribution is 2.12. The van der Waals surface area contributed by atoms with Crippen molar-refractivity contribution in [3.05, 3.63) is 47.7 Å². The summed E-state index contributed by atoms with van der Waals surface area (Å²) < 4.78 is 11.6. The van der Waals surface area contributed by atoms with Gasteiger partial charge in [0.05, 0.1) is 13.2 Å². The fourth-order valence-electron chi connectivity index (χ4n) is 1.75. The lowest BCUT2D eigenvalue weighted by Crippen LogP contribution is -2.15. The average molecular weight is 300 g/mol. The Labute approximate surface area is 128 Å². The Morgan fingerprint density at radius 2 is 2.18 bits per heavy atom. The molecular formula is C15H16N4O3. The first-order chi connectivity index (χ1) is 10.7. The van der Waals surface area contributed by atoms with Crippen LogP contribution in [0.15, 0.2) is 36.5 Å². The van der Waals surface area contributed by atoms with Crippen LogP contribution in [0.25, 0.3) is 0 Å². The topological polar surface area (TPSA) is 89.2 Å². The third-order valence-electron chi connectivity index (χ3n) is 2.84. The summed E-state index contributed by atoms with van der Waals surface area (Å²) in [7, 11) is 1.58. The fraction of sp³-hybridized carbons (Fsp3) is 0.267. The molecule has 0 spiro atoms. The van der Waals surface area contributed by atoms with Gasteiger partial charge in [-0.15, -0.1) is 0 Å². The van der Waals surface area contributed by atoms with E-state index in [2.05, 4.69) is 10.4 Å². The van der Waals surface area contributed by atoms with Crippen LogP contribution in [0, 0.1) is 11.3 Å². The molecule has 0 aliphatic rings. The van der Waals surface area contributed by atoms with Crippen molar-refractivity contribution < 1.29 is 14.3 Å². The van der Waals surface area contributed by atoms with Crippen molar-refractivity contribution in [2.24, 2.45) is 0 Å². The van der Waals surface area contributed by atoms with Crippen LogP contribution >= 0.6 is 0 Å². The van der Waals surface area contributed by atoms with E-state index in [1.54, 1.807) is 13.3 Å². The van der Waals surface area contributed by atoms with Crippen molar-refractivity contribution >= 4 is 11.9 Å². The maximum absolute atomic E-state index is 11.8. The molecular weight excluding hydrogens is 284 g/mol. The molecule has 0 fully saturated rings. The fourth-order valence-corrected chi connectivity index (χ4v) is 1.75. The van der Waals surface area contributed by atoms with Gasteiger partial charge in [0.1, 0.15) is 18.2 Å². The van der Waals surface area contributed by atoms with Crippen LogP contribution in [-0.4, -0.2) is 29.6 Å². The zero-order valence-electron chi connectivity index (χ0n) is 12.2. The number of anilines is 1.